The molecule has 0 radical (unpaired) electrons. The number of ether oxygens (including phenoxy) is 1. The fourth-order valence-electron chi connectivity index (χ4n) is 2.24. The molecule has 1 saturated heterocycles. The van der Waals surface area contributed by atoms with Crippen LogP contribution in [0.4, 0.5) is 0 Å². The zero-order chi connectivity index (χ0) is 16.3. The molecule has 0 spiro atoms. The smallest absolute Gasteiger partial charge is 0.306 e. The molecule has 1 heterocycles. The summed E-state index contributed by atoms with van der Waals surface area (Å²) in [6.45, 7) is 13.6. The first-order valence-electron chi connectivity index (χ1n) is 7.85. The lowest BCUT2D eigenvalue weighted by Gasteiger charge is -2.37. The highest BCUT2D eigenvalue weighted by Gasteiger charge is 2.37. The van der Waals surface area contributed by atoms with Crippen molar-refractivity contribution in [3.8, 4) is 0 Å². The van der Waals surface area contributed by atoms with Gasteiger partial charge in [-0.2, -0.15) is 0 Å². The Hall–Kier alpha value is -0.683. The zero-order valence-electron chi connectivity index (χ0n) is 14.3. The first-order valence-corrected chi connectivity index (χ1v) is 10.8. The molecule has 1 rings (SSSR count). The quantitative estimate of drug-likeness (QED) is 0.427. The van der Waals surface area contributed by atoms with E-state index in [0.29, 0.717) is 13.0 Å². The molecule has 1 aliphatic rings. The number of cyclic esters (lactones) is 1. The van der Waals surface area contributed by atoms with Crippen LogP contribution in [0, 0.1) is 11.8 Å². The molecule has 3 atom stereocenters. The predicted molar refractivity (Wildman–Crippen MR) is 85.6 cm³/mol. The van der Waals surface area contributed by atoms with Crippen molar-refractivity contribution < 1.29 is 18.8 Å². The average molecular weight is 314 g/mol. The van der Waals surface area contributed by atoms with E-state index in [0.717, 1.165) is 19.1 Å². The minimum absolute atomic E-state index is 0.183. The van der Waals surface area contributed by atoms with Crippen LogP contribution in [0.2, 0.25) is 18.1 Å². The molecular weight excluding hydrogens is 284 g/mol. The van der Waals surface area contributed by atoms with Crippen LogP contribution in [0.5, 0.6) is 0 Å². The van der Waals surface area contributed by atoms with E-state index in [1.54, 1.807) is 6.92 Å². The van der Waals surface area contributed by atoms with Crippen LogP contribution in [0.25, 0.3) is 0 Å². The maximum absolute atomic E-state index is 11.7. The van der Waals surface area contributed by atoms with E-state index >= 15 is 0 Å². The van der Waals surface area contributed by atoms with E-state index in [-0.39, 0.29) is 28.9 Å². The van der Waals surface area contributed by atoms with Gasteiger partial charge >= 0.3 is 5.97 Å². The molecule has 122 valence electrons. The van der Waals surface area contributed by atoms with Crippen molar-refractivity contribution in [3.05, 3.63) is 0 Å². The standard InChI is InChI=1S/C16H30O4Si/c1-12(11-17)14-9-13(10-15(18)20-14)7-8-19-21(5,6)16(2,3)4/h11-14H,7-10H2,1-6H3/t12-,13-,14-/m1/s1. The molecule has 0 aliphatic carbocycles. The summed E-state index contributed by atoms with van der Waals surface area (Å²) in [5.41, 5.74) is 0. The molecule has 5 heteroatoms. The highest BCUT2D eigenvalue weighted by atomic mass is 28.4. The lowest BCUT2D eigenvalue weighted by molar-refractivity contribution is -0.160. The van der Waals surface area contributed by atoms with E-state index in [1.807, 2.05) is 0 Å². The lowest BCUT2D eigenvalue weighted by Crippen LogP contribution is -2.41. The molecule has 21 heavy (non-hydrogen) atoms. The van der Waals surface area contributed by atoms with Gasteiger partial charge in [-0.25, -0.2) is 0 Å². The van der Waals surface area contributed by atoms with Crippen molar-refractivity contribution in [2.75, 3.05) is 6.61 Å². The molecule has 0 amide bonds. The number of aldehydes is 1. The van der Waals surface area contributed by atoms with E-state index in [1.165, 1.54) is 0 Å². The third kappa shape index (κ3) is 5.22. The minimum atomic E-state index is -1.72. The summed E-state index contributed by atoms with van der Waals surface area (Å²) in [5.74, 6) is -0.140. The van der Waals surface area contributed by atoms with Crippen LogP contribution in [0.15, 0.2) is 0 Å². The SMILES string of the molecule is C[C@H](C=O)[C@H]1C[C@@H](CCO[Si](C)(C)C(C)(C)C)CC(=O)O1. The van der Waals surface area contributed by atoms with Gasteiger partial charge in [-0.05, 0) is 36.9 Å². The summed E-state index contributed by atoms with van der Waals surface area (Å²) in [7, 11) is -1.72. The second-order valence-corrected chi connectivity index (χ2v) is 12.5. The molecule has 1 aliphatic heterocycles. The molecule has 1 fully saturated rings. The number of esters is 1. The number of carbonyl (C=O) groups is 2. The topological polar surface area (TPSA) is 52.6 Å². The Labute approximate surface area is 129 Å². The van der Waals surface area contributed by atoms with Crippen molar-refractivity contribution >= 4 is 20.6 Å². The van der Waals surface area contributed by atoms with Gasteiger partial charge in [-0.1, -0.05) is 27.7 Å². The first kappa shape index (κ1) is 18.4. The van der Waals surface area contributed by atoms with Crippen LogP contribution in [-0.4, -0.2) is 33.3 Å². The maximum Gasteiger partial charge on any atom is 0.306 e. The van der Waals surface area contributed by atoms with Crippen molar-refractivity contribution in [1.29, 1.82) is 0 Å². The zero-order valence-corrected chi connectivity index (χ0v) is 15.3. The Bertz CT molecular complexity index is 373. The predicted octanol–water partition coefficient (Wildman–Crippen LogP) is 3.56. The third-order valence-corrected chi connectivity index (χ3v) is 9.44. The number of carbonyl (C=O) groups excluding carboxylic acids is 2. The normalized spacial score (nSPS) is 25.3. The van der Waals surface area contributed by atoms with Gasteiger partial charge < -0.3 is 14.0 Å². The third-order valence-electron chi connectivity index (χ3n) is 4.90. The van der Waals surface area contributed by atoms with E-state index in [9.17, 15) is 9.59 Å². The van der Waals surface area contributed by atoms with Crippen LogP contribution >= 0.6 is 0 Å². The van der Waals surface area contributed by atoms with Crippen LogP contribution in [0.1, 0.15) is 47.0 Å². The molecular formula is C16H30O4Si. The van der Waals surface area contributed by atoms with Crippen molar-refractivity contribution in [2.24, 2.45) is 11.8 Å². The number of rotatable bonds is 6. The molecule has 0 aromatic rings. The molecule has 0 aromatic carbocycles. The Balaban J connectivity index is 2.48. The van der Waals surface area contributed by atoms with E-state index in [4.69, 9.17) is 9.16 Å². The van der Waals surface area contributed by atoms with Gasteiger partial charge in [0.25, 0.3) is 0 Å². The first-order chi connectivity index (χ1) is 9.56. The summed E-state index contributed by atoms with van der Waals surface area (Å²) in [5, 5.41) is 0.201. The summed E-state index contributed by atoms with van der Waals surface area (Å²) in [6.07, 6.45) is 2.69. The Morgan fingerprint density at radius 1 is 1.43 bits per heavy atom. The number of hydrogen-bond acceptors (Lipinski definition) is 4. The molecule has 0 N–H and O–H groups in total. The molecule has 4 nitrogen and oxygen atoms in total. The monoisotopic (exact) mass is 314 g/mol. The van der Waals surface area contributed by atoms with Gasteiger partial charge in [0.2, 0.25) is 0 Å². The fraction of sp³-hybridized carbons (Fsp3) is 0.875. The number of hydrogen-bond donors (Lipinski definition) is 0. The van der Waals surface area contributed by atoms with Gasteiger partial charge in [-0.15, -0.1) is 0 Å². The van der Waals surface area contributed by atoms with Gasteiger partial charge in [0.1, 0.15) is 12.4 Å². The fourth-order valence-corrected chi connectivity index (χ4v) is 3.30. The van der Waals surface area contributed by atoms with E-state index < -0.39 is 8.32 Å². The highest BCUT2D eigenvalue weighted by Crippen LogP contribution is 2.37. The summed E-state index contributed by atoms with van der Waals surface area (Å²) in [4.78, 5) is 22.5. The van der Waals surface area contributed by atoms with Crippen LogP contribution in [0.3, 0.4) is 0 Å². The summed E-state index contributed by atoms with van der Waals surface area (Å²) >= 11 is 0. The van der Waals surface area contributed by atoms with Crippen LogP contribution < -0.4 is 0 Å². The van der Waals surface area contributed by atoms with Gasteiger partial charge in [0.15, 0.2) is 8.32 Å². The van der Waals surface area contributed by atoms with Gasteiger partial charge in [0, 0.05) is 18.9 Å². The van der Waals surface area contributed by atoms with Crippen molar-refractivity contribution in [2.45, 2.75) is 71.2 Å². The minimum Gasteiger partial charge on any atom is -0.462 e. The molecule has 0 bridgehead atoms. The Morgan fingerprint density at radius 3 is 2.57 bits per heavy atom. The average Bonchev–Trinajstić information content (AvgIpc) is 2.35. The summed E-state index contributed by atoms with van der Waals surface area (Å²) < 4.78 is 11.4. The maximum atomic E-state index is 11.7. The molecule has 0 saturated carbocycles. The largest absolute Gasteiger partial charge is 0.462 e. The molecule has 0 aromatic heterocycles. The van der Waals surface area contributed by atoms with Crippen LogP contribution in [-0.2, 0) is 18.8 Å². The lowest BCUT2D eigenvalue weighted by atomic mass is 9.88. The Kier molecular flexibility index (Phi) is 6.17. The molecule has 0 unspecified atom stereocenters. The summed E-state index contributed by atoms with van der Waals surface area (Å²) in [6, 6.07) is 0. The van der Waals surface area contributed by atoms with Gasteiger partial charge in [-0.3, -0.25) is 4.79 Å². The van der Waals surface area contributed by atoms with Gasteiger partial charge in [0.05, 0.1) is 0 Å². The Morgan fingerprint density at radius 2 is 2.05 bits per heavy atom. The highest BCUT2D eigenvalue weighted by molar-refractivity contribution is 6.74. The van der Waals surface area contributed by atoms with Crippen molar-refractivity contribution in [1.82, 2.24) is 0 Å². The van der Waals surface area contributed by atoms with Crippen molar-refractivity contribution in [3.63, 3.8) is 0 Å². The second kappa shape index (κ2) is 7.05. The van der Waals surface area contributed by atoms with E-state index in [2.05, 4.69) is 33.9 Å². The second-order valence-electron chi connectivity index (χ2n) is 7.73.